The second-order valence-electron chi connectivity index (χ2n) is 6.07. The highest BCUT2D eigenvalue weighted by molar-refractivity contribution is 4.95. The third kappa shape index (κ3) is 4.67. The first-order valence-corrected chi connectivity index (χ1v) is 7.53. The molecule has 0 aromatic carbocycles. The first-order chi connectivity index (χ1) is 9.52. The normalized spacial score (nSPS) is 20.4. The van der Waals surface area contributed by atoms with Crippen LogP contribution in [0, 0.1) is 5.92 Å². The van der Waals surface area contributed by atoms with Gasteiger partial charge in [0.2, 0.25) is 0 Å². The maximum absolute atomic E-state index is 6.10. The predicted octanol–water partition coefficient (Wildman–Crippen LogP) is 1.46. The molecule has 1 rings (SSSR count). The molecule has 1 aliphatic carbocycles. The van der Waals surface area contributed by atoms with Crippen LogP contribution >= 0.6 is 0 Å². The molecule has 120 valence electrons. The molecule has 20 heavy (non-hydrogen) atoms. The van der Waals surface area contributed by atoms with E-state index in [1.807, 2.05) is 0 Å². The highest BCUT2D eigenvalue weighted by atomic mass is 16.7. The molecule has 0 bridgehead atoms. The lowest BCUT2D eigenvalue weighted by atomic mass is 9.92. The summed E-state index contributed by atoms with van der Waals surface area (Å²) in [5.41, 5.74) is 5.96. The Morgan fingerprint density at radius 2 is 1.85 bits per heavy atom. The largest absolute Gasteiger partial charge is 0.383 e. The number of ether oxygens (including phenoxy) is 3. The van der Waals surface area contributed by atoms with Gasteiger partial charge in [-0.15, -0.1) is 0 Å². The van der Waals surface area contributed by atoms with Gasteiger partial charge in [0.1, 0.15) is 0 Å². The Labute approximate surface area is 123 Å². The summed E-state index contributed by atoms with van der Waals surface area (Å²) in [4.78, 5) is 2.49. The highest BCUT2D eigenvalue weighted by Crippen LogP contribution is 2.38. The quantitative estimate of drug-likeness (QED) is 0.583. The highest BCUT2D eigenvalue weighted by Gasteiger charge is 2.41. The summed E-state index contributed by atoms with van der Waals surface area (Å²) in [6.07, 6.45) is 3.18. The molecule has 0 saturated heterocycles. The summed E-state index contributed by atoms with van der Waals surface area (Å²) in [5, 5.41) is 0. The fourth-order valence-electron chi connectivity index (χ4n) is 2.93. The second kappa shape index (κ2) is 8.29. The number of hydrogen-bond acceptors (Lipinski definition) is 5. The van der Waals surface area contributed by atoms with Gasteiger partial charge >= 0.3 is 0 Å². The average Bonchev–Trinajstić information content (AvgIpc) is 3.29. The standard InChI is InChI=1S/C15H32N2O3/c1-12(13-6-7-13)17(8-9-18-3)15(2,11-16)10-14(19-4)20-5/h12-14H,6-11,16H2,1-5H3. The lowest BCUT2D eigenvalue weighted by Crippen LogP contribution is -2.58. The molecule has 0 aliphatic heterocycles. The lowest BCUT2D eigenvalue weighted by molar-refractivity contribution is -0.133. The van der Waals surface area contributed by atoms with Gasteiger partial charge in [-0.3, -0.25) is 4.90 Å². The maximum atomic E-state index is 6.10. The van der Waals surface area contributed by atoms with Crippen molar-refractivity contribution in [3.05, 3.63) is 0 Å². The molecule has 1 fully saturated rings. The lowest BCUT2D eigenvalue weighted by Gasteiger charge is -2.45. The van der Waals surface area contributed by atoms with Gasteiger partial charge in [0.05, 0.1) is 6.61 Å². The van der Waals surface area contributed by atoms with Crippen molar-refractivity contribution in [3.63, 3.8) is 0 Å². The molecule has 2 N–H and O–H groups in total. The van der Waals surface area contributed by atoms with Crippen LogP contribution in [0.1, 0.15) is 33.1 Å². The molecule has 0 aromatic rings. The Bertz CT molecular complexity index is 270. The first kappa shape index (κ1) is 17.9. The van der Waals surface area contributed by atoms with Gasteiger partial charge in [-0.1, -0.05) is 0 Å². The molecule has 0 radical (unpaired) electrons. The SMILES string of the molecule is COCCN(C(C)C1CC1)C(C)(CN)CC(OC)OC. The third-order valence-corrected chi connectivity index (χ3v) is 4.60. The van der Waals surface area contributed by atoms with E-state index in [4.69, 9.17) is 19.9 Å². The summed E-state index contributed by atoms with van der Waals surface area (Å²) in [7, 11) is 5.09. The van der Waals surface area contributed by atoms with Gasteiger partial charge in [-0.05, 0) is 32.6 Å². The summed E-state index contributed by atoms with van der Waals surface area (Å²) < 4.78 is 16.0. The number of rotatable bonds is 11. The van der Waals surface area contributed by atoms with E-state index < -0.39 is 0 Å². The van der Waals surface area contributed by atoms with Crippen molar-refractivity contribution in [1.82, 2.24) is 4.90 Å². The van der Waals surface area contributed by atoms with Crippen LogP contribution in [0.4, 0.5) is 0 Å². The van der Waals surface area contributed by atoms with Crippen LogP contribution in [0.5, 0.6) is 0 Å². The van der Waals surface area contributed by atoms with E-state index in [-0.39, 0.29) is 11.8 Å². The molecule has 0 heterocycles. The fraction of sp³-hybridized carbons (Fsp3) is 1.00. The molecule has 0 amide bonds. The first-order valence-electron chi connectivity index (χ1n) is 7.53. The molecule has 2 unspecified atom stereocenters. The average molecular weight is 288 g/mol. The van der Waals surface area contributed by atoms with Gasteiger partial charge in [-0.2, -0.15) is 0 Å². The Morgan fingerprint density at radius 3 is 2.25 bits per heavy atom. The maximum Gasteiger partial charge on any atom is 0.158 e. The van der Waals surface area contributed by atoms with Crippen LogP contribution in [0.2, 0.25) is 0 Å². The van der Waals surface area contributed by atoms with Gasteiger partial charge in [0.25, 0.3) is 0 Å². The van der Waals surface area contributed by atoms with E-state index in [0.29, 0.717) is 12.6 Å². The third-order valence-electron chi connectivity index (χ3n) is 4.60. The van der Waals surface area contributed by atoms with Crippen LogP contribution in [0.15, 0.2) is 0 Å². The zero-order chi connectivity index (χ0) is 15.2. The van der Waals surface area contributed by atoms with Crippen molar-refractivity contribution in [2.24, 2.45) is 11.7 Å². The zero-order valence-corrected chi connectivity index (χ0v) is 13.7. The van der Waals surface area contributed by atoms with Crippen LogP contribution < -0.4 is 5.73 Å². The fourth-order valence-corrected chi connectivity index (χ4v) is 2.93. The number of hydrogen-bond donors (Lipinski definition) is 1. The van der Waals surface area contributed by atoms with Gasteiger partial charge in [-0.25, -0.2) is 0 Å². The van der Waals surface area contributed by atoms with Crippen molar-refractivity contribution in [2.75, 3.05) is 41.0 Å². The number of methoxy groups -OCH3 is 3. The summed E-state index contributed by atoms with van der Waals surface area (Å²) in [5.74, 6) is 0.793. The summed E-state index contributed by atoms with van der Waals surface area (Å²) in [6.45, 7) is 6.69. The summed E-state index contributed by atoms with van der Waals surface area (Å²) >= 11 is 0. The van der Waals surface area contributed by atoms with E-state index in [1.54, 1.807) is 21.3 Å². The molecule has 0 aromatic heterocycles. The molecule has 5 heteroatoms. The minimum absolute atomic E-state index is 0.142. The molecule has 5 nitrogen and oxygen atoms in total. The van der Waals surface area contributed by atoms with E-state index >= 15 is 0 Å². The van der Waals surface area contributed by atoms with E-state index in [9.17, 15) is 0 Å². The van der Waals surface area contributed by atoms with Crippen molar-refractivity contribution in [3.8, 4) is 0 Å². The minimum atomic E-state index is -0.222. The zero-order valence-electron chi connectivity index (χ0n) is 13.7. The Morgan fingerprint density at radius 1 is 1.25 bits per heavy atom. The van der Waals surface area contributed by atoms with Crippen molar-refractivity contribution in [1.29, 1.82) is 0 Å². The Balaban J connectivity index is 2.80. The molecule has 2 atom stereocenters. The molecule has 1 saturated carbocycles. The minimum Gasteiger partial charge on any atom is -0.383 e. The topological polar surface area (TPSA) is 57.0 Å². The number of nitrogens with zero attached hydrogens (tertiary/aromatic N) is 1. The van der Waals surface area contributed by atoms with Crippen molar-refractivity contribution < 1.29 is 14.2 Å². The van der Waals surface area contributed by atoms with Crippen LogP contribution in [-0.2, 0) is 14.2 Å². The van der Waals surface area contributed by atoms with E-state index in [1.165, 1.54) is 12.8 Å². The smallest absolute Gasteiger partial charge is 0.158 e. The van der Waals surface area contributed by atoms with Crippen molar-refractivity contribution >= 4 is 0 Å². The molecular formula is C15H32N2O3. The van der Waals surface area contributed by atoms with Crippen LogP contribution in [0.25, 0.3) is 0 Å². The Hall–Kier alpha value is -0.200. The second-order valence-corrected chi connectivity index (χ2v) is 6.07. The predicted molar refractivity (Wildman–Crippen MR) is 80.7 cm³/mol. The van der Waals surface area contributed by atoms with E-state index in [0.717, 1.165) is 25.5 Å². The molecule has 1 aliphatic rings. The van der Waals surface area contributed by atoms with Gasteiger partial charge < -0.3 is 19.9 Å². The van der Waals surface area contributed by atoms with Gasteiger partial charge in [0, 0.05) is 52.4 Å². The summed E-state index contributed by atoms with van der Waals surface area (Å²) in [6, 6.07) is 0.521. The van der Waals surface area contributed by atoms with Crippen molar-refractivity contribution in [2.45, 2.75) is 51.0 Å². The molecule has 0 spiro atoms. The van der Waals surface area contributed by atoms with Gasteiger partial charge in [0.15, 0.2) is 6.29 Å². The van der Waals surface area contributed by atoms with Crippen LogP contribution in [0.3, 0.4) is 0 Å². The van der Waals surface area contributed by atoms with E-state index in [2.05, 4.69) is 18.7 Å². The van der Waals surface area contributed by atoms with Crippen LogP contribution in [-0.4, -0.2) is 63.8 Å². The Kier molecular flexibility index (Phi) is 7.40. The number of nitrogens with two attached hydrogens (primary N) is 1. The monoisotopic (exact) mass is 288 g/mol. The molecular weight excluding hydrogens is 256 g/mol.